The lowest BCUT2D eigenvalue weighted by Crippen LogP contribution is -2.40. The highest BCUT2D eigenvalue weighted by atomic mass is 32.1. The van der Waals surface area contributed by atoms with Crippen LogP contribution in [-0.2, 0) is 23.3 Å². The molecule has 2 aromatic rings. The molecule has 2 N–H and O–H groups in total. The van der Waals surface area contributed by atoms with Gasteiger partial charge in [0.15, 0.2) is 5.69 Å². The maximum absolute atomic E-state index is 12.8. The minimum absolute atomic E-state index is 0.0473. The van der Waals surface area contributed by atoms with E-state index in [9.17, 15) is 4.79 Å². The molecule has 1 amide bonds. The second kappa shape index (κ2) is 7.28. The molecular weight excluding hydrogens is 372 g/mol. The Labute approximate surface area is 169 Å². The number of H-pyrrole nitrogens is 1. The predicted octanol–water partition coefficient (Wildman–Crippen LogP) is 3.13. The number of aromatic nitrogens is 2. The van der Waals surface area contributed by atoms with Gasteiger partial charge < -0.3 is 10.1 Å². The second-order valence-corrected chi connectivity index (χ2v) is 10.00. The molecule has 6 nitrogen and oxygen atoms in total. The van der Waals surface area contributed by atoms with Crippen molar-refractivity contribution in [1.82, 2.24) is 20.4 Å². The Bertz CT molecular complexity index is 870. The molecule has 1 saturated heterocycles. The van der Waals surface area contributed by atoms with Crippen LogP contribution in [0.15, 0.2) is 12.1 Å². The minimum Gasteiger partial charge on any atom is -0.376 e. The maximum atomic E-state index is 12.8. The van der Waals surface area contributed by atoms with E-state index in [0.717, 1.165) is 50.2 Å². The fourth-order valence-corrected chi connectivity index (χ4v) is 6.02. The molecule has 0 radical (unpaired) electrons. The van der Waals surface area contributed by atoms with Crippen LogP contribution in [0.25, 0.3) is 0 Å². The summed E-state index contributed by atoms with van der Waals surface area (Å²) in [6.07, 6.45) is 5.60. The smallest absolute Gasteiger partial charge is 0.272 e. The second-order valence-electron chi connectivity index (χ2n) is 8.63. The summed E-state index contributed by atoms with van der Waals surface area (Å²) in [5, 5.41) is 10.8. The Kier molecular flexibility index (Phi) is 4.77. The molecule has 2 aromatic heterocycles. The van der Waals surface area contributed by atoms with Crippen molar-refractivity contribution in [3.05, 3.63) is 38.8 Å². The van der Waals surface area contributed by atoms with Crippen molar-refractivity contribution >= 4 is 17.2 Å². The Morgan fingerprint density at radius 2 is 2.29 bits per heavy atom. The van der Waals surface area contributed by atoms with E-state index in [1.807, 2.05) is 11.3 Å². The zero-order valence-corrected chi connectivity index (χ0v) is 17.2. The average molecular weight is 401 g/mol. The molecule has 4 heterocycles. The zero-order valence-electron chi connectivity index (χ0n) is 16.4. The maximum Gasteiger partial charge on any atom is 0.272 e. The highest BCUT2D eigenvalue weighted by Gasteiger charge is 2.46. The van der Waals surface area contributed by atoms with Gasteiger partial charge >= 0.3 is 0 Å². The Morgan fingerprint density at radius 3 is 3.07 bits per heavy atom. The number of likely N-dealkylation sites (tertiary alicyclic amines) is 1. The van der Waals surface area contributed by atoms with Gasteiger partial charge in [0.1, 0.15) is 0 Å². The molecule has 0 aromatic carbocycles. The van der Waals surface area contributed by atoms with Gasteiger partial charge in [-0.15, -0.1) is 11.3 Å². The van der Waals surface area contributed by atoms with Crippen LogP contribution in [0.2, 0.25) is 0 Å². The van der Waals surface area contributed by atoms with Gasteiger partial charge in [-0.3, -0.25) is 14.8 Å². The standard InChI is InChI=1S/C21H28N4O2S/c1-14-6-7-16(28-14)10-25-9-8-21(12-25)13-27-11-17-18(23-24-19(17)21)20(26)22-15-4-2-3-5-15/h6-7,15H,2-5,8-13H2,1H3,(H,22,26)(H,23,24)/t21-/m0/s1. The van der Waals surface area contributed by atoms with Gasteiger partial charge in [-0.05, 0) is 44.9 Å². The SMILES string of the molecule is Cc1ccc(CN2CC[C@@]3(COCc4c(C(=O)NC5CCCC5)n[nH]c43)C2)s1. The van der Waals surface area contributed by atoms with Crippen molar-refractivity contribution in [1.29, 1.82) is 0 Å². The number of carbonyl (C=O) groups excluding carboxylic acids is 1. The van der Waals surface area contributed by atoms with Gasteiger partial charge in [0.2, 0.25) is 0 Å². The van der Waals surface area contributed by atoms with Crippen LogP contribution < -0.4 is 5.32 Å². The lowest BCUT2D eigenvalue weighted by atomic mass is 9.80. The highest BCUT2D eigenvalue weighted by Crippen LogP contribution is 2.40. The predicted molar refractivity (Wildman–Crippen MR) is 109 cm³/mol. The van der Waals surface area contributed by atoms with Gasteiger partial charge in [-0.1, -0.05) is 12.8 Å². The first kappa shape index (κ1) is 18.3. The first-order valence-electron chi connectivity index (χ1n) is 10.4. The van der Waals surface area contributed by atoms with E-state index in [1.54, 1.807) is 0 Å². The Hall–Kier alpha value is -1.70. The summed E-state index contributed by atoms with van der Waals surface area (Å²) in [4.78, 5) is 18.1. The topological polar surface area (TPSA) is 70.2 Å². The lowest BCUT2D eigenvalue weighted by molar-refractivity contribution is 0.0509. The molecule has 1 atom stereocenters. The van der Waals surface area contributed by atoms with Gasteiger partial charge in [0, 0.05) is 39.9 Å². The monoisotopic (exact) mass is 400 g/mol. The third-order valence-electron chi connectivity index (χ3n) is 6.54. The van der Waals surface area contributed by atoms with Crippen molar-refractivity contribution in [2.75, 3.05) is 19.7 Å². The summed E-state index contributed by atoms with van der Waals surface area (Å²) in [6, 6.07) is 4.72. The molecule has 0 bridgehead atoms. The molecule has 2 aliphatic heterocycles. The van der Waals surface area contributed by atoms with Crippen molar-refractivity contribution in [2.45, 2.75) is 63.6 Å². The number of nitrogens with zero attached hydrogens (tertiary/aromatic N) is 2. The first-order chi connectivity index (χ1) is 13.6. The van der Waals surface area contributed by atoms with Gasteiger partial charge in [-0.25, -0.2) is 0 Å². The van der Waals surface area contributed by atoms with Crippen LogP contribution in [-0.4, -0.2) is 46.7 Å². The number of carbonyl (C=O) groups is 1. The number of aryl methyl sites for hydroxylation is 1. The molecule has 1 aliphatic carbocycles. The normalized spacial score (nSPS) is 25.5. The molecule has 150 valence electrons. The molecule has 3 aliphatic rings. The summed E-state index contributed by atoms with van der Waals surface area (Å²) in [7, 11) is 0. The Morgan fingerprint density at radius 1 is 1.43 bits per heavy atom. The summed E-state index contributed by atoms with van der Waals surface area (Å²) < 4.78 is 5.99. The molecular formula is C21H28N4O2S. The minimum atomic E-state index is -0.0707. The highest BCUT2D eigenvalue weighted by molar-refractivity contribution is 7.11. The molecule has 1 spiro atoms. The third kappa shape index (κ3) is 3.29. The fraction of sp³-hybridized carbons (Fsp3) is 0.619. The van der Waals surface area contributed by atoms with Crippen molar-refractivity contribution in [3.63, 3.8) is 0 Å². The van der Waals surface area contributed by atoms with Gasteiger partial charge in [0.05, 0.1) is 18.9 Å². The van der Waals surface area contributed by atoms with E-state index < -0.39 is 0 Å². The summed E-state index contributed by atoms with van der Waals surface area (Å²) in [6.45, 7) is 6.31. The molecule has 5 rings (SSSR count). The number of thiophene rings is 1. The summed E-state index contributed by atoms with van der Waals surface area (Å²) >= 11 is 1.87. The average Bonchev–Trinajstić information content (AvgIpc) is 3.44. The number of ether oxygens (including phenoxy) is 1. The number of rotatable bonds is 4. The van der Waals surface area contributed by atoms with E-state index in [4.69, 9.17) is 4.74 Å². The molecule has 28 heavy (non-hydrogen) atoms. The van der Waals surface area contributed by atoms with E-state index in [-0.39, 0.29) is 11.3 Å². The van der Waals surface area contributed by atoms with Gasteiger partial charge in [0.25, 0.3) is 5.91 Å². The summed E-state index contributed by atoms with van der Waals surface area (Å²) in [5.41, 5.74) is 2.56. The quantitative estimate of drug-likeness (QED) is 0.827. The van der Waals surface area contributed by atoms with Crippen LogP contribution in [0, 0.1) is 6.92 Å². The Balaban J connectivity index is 1.33. The first-order valence-corrected chi connectivity index (χ1v) is 11.2. The van der Waals surface area contributed by atoms with Crippen molar-refractivity contribution in [3.8, 4) is 0 Å². The van der Waals surface area contributed by atoms with Crippen LogP contribution >= 0.6 is 11.3 Å². The van der Waals surface area contributed by atoms with E-state index >= 15 is 0 Å². The zero-order chi connectivity index (χ0) is 19.1. The van der Waals surface area contributed by atoms with E-state index in [0.29, 0.717) is 24.9 Å². The summed E-state index contributed by atoms with van der Waals surface area (Å²) in [5.74, 6) is -0.0473. The molecule has 7 heteroatoms. The van der Waals surface area contributed by atoms with Crippen LogP contribution in [0.5, 0.6) is 0 Å². The van der Waals surface area contributed by atoms with Crippen LogP contribution in [0.4, 0.5) is 0 Å². The fourth-order valence-electron chi connectivity index (χ4n) is 5.08. The molecule has 1 saturated carbocycles. The lowest BCUT2D eigenvalue weighted by Gasteiger charge is -2.33. The number of fused-ring (bicyclic) bond motifs is 2. The van der Waals surface area contributed by atoms with E-state index in [2.05, 4.69) is 39.5 Å². The number of aromatic amines is 1. The van der Waals surface area contributed by atoms with Crippen molar-refractivity contribution < 1.29 is 9.53 Å². The molecule has 0 unspecified atom stereocenters. The number of hydrogen-bond donors (Lipinski definition) is 2. The number of hydrogen-bond acceptors (Lipinski definition) is 5. The van der Waals surface area contributed by atoms with Crippen LogP contribution in [0.1, 0.15) is 63.6 Å². The van der Waals surface area contributed by atoms with Gasteiger partial charge in [-0.2, -0.15) is 5.10 Å². The third-order valence-corrected chi connectivity index (χ3v) is 7.52. The largest absolute Gasteiger partial charge is 0.376 e. The van der Waals surface area contributed by atoms with Crippen molar-refractivity contribution in [2.24, 2.45) is 0 Å². The van der Waals surface area contributed by atoms with E-state index in [1.165, 1.54) is 22.6 Å². The number of nitrogens with one attached hydrogen (secondary N) is 2. The van der Waals surface area contributed by atoms with Crippen LogP contribution in [0.3, 0.4) is 0 Å². The molecule has 2 fully saturated rings. The number of amides is 1.